The van der Waals surface area contributed by atoms with E-state index in [4.69, 9.17) is 5.73 Å². The molecular weight excluding hydrogens is 997 g/mol. The molecule has 10 aromatic rings. The van der Waals surface area contributed by atoms with E-state index in [0.29, 0.717) is 34.2 Å². The minimum Gasteiger partial charge on any atom is -0.365 e. The maximum atomic E-state index is 14.8. The minimum absolute atomic E-state index is 0.0262. The van der Waals surface area contributed by atoms with Gasteiger partial charge in [-0.3, -0.25) is 28.8 Å². The first kappa shape index (κ1) is 51.5. The number of carbonyl (C=O) groups excluding carboxylic acids is 6. The number of imidazole rings is 5. The van der Waals surface area contributed by atoms with Crippen LogP contribution in [0.15, 0.2) is 136 Å². The third-order valence-electron chi connectivity index (χ3n) is 13.5. The summed E-state index contributed by atoms with van der Waals surface area (Å²) in [5.41, 5.74) is 10.4. The van der Waals surface area contributed by atoms with Crippen LogP contribution < -0.4 is 37.6 Å². The van der Waals surface area contributed by atoms with Gasteiger partial charge in [-0.25, -0.2) is 24.9 Å². The summed E-state index contributed by atoms with van der Waals surface area (Å²) >= 11 is 0. The average Bonchev–Trinajstić information content (AvgIpc) is 4.44. The molecule has 10 rings (SSSR count). The van der Waals surface area contributed by atoms with Gasteiger partial charge >= 0.3 is 0 Å². The van der Waals surface area contributed by atoms with Crippen molar-refractivity contribution in [2.75, 3.05) is 0 Å². The van der Waals surface area contributed by atoms with Crippen LogP contribution in [0.3, 0.4) is 0 Å². The molecule has 0 radical (unpaired) electrons. The van der Waals surface area contributed by atoms with Crippen LogP contribution in [-0.4, -0.2) is 127 Å². The van der Waals surface area contributed by atoms with Gasteiger partial charge in [0.15, 0.2) is 0 Å². The quantitative estimate of drug-likeness (QED) is 0.0361. The van der Waals surface area contributed by atoms with Crippen LogP contribution in [0.5, 0.6) is 0 Å². The van der Waals surface area contributed by atoms with E-state index in [0.717, 1.165) is 37.9 Å². The first-order valence-corrected chi connectivity index (χ1v) is 25.2. The number of carbonyl (C=O) groups is 6. The molecule has 0 aliphatic rings. The zero-order valence-electron chi connectivity index (χ0n) is 41.9. The Balaban J connectivity index is 0.876. The van der Waals surface area contributed by atoms with Crippen molar-refractivity contribution >= 4 is 67.8 Å². The van der Waals surface area contributed by atoms with Gasteiger partial charge in [0, 0.05) is 116 Å². The normalized spacial score (nSPS) is 13.8. The predicted octanol–water partition coefficient (Wildman–Crippen LogP) is 1.35. The molecule has 6 atom stereocenters. The van der Waals surface area contributed by atoms with Gasteiger partial charge < -0.3 is 67.5 Å². The smallest absolute Gasteiger partial charge is 0.243 e. The predicted molar refractivity (Wildman–Crippen MR) is 286 cm³/mol. The van der Waals surface area contributed by atoms with E-state index >= 15 is 0 Å². The highest BCUT2D eigenvalue weighted by molar-refractivity contribution is 6.23. The average molecular weight is 1050 g/mol. The highest BCUT2D eigenvalue weighted by Crippen LogP contribution is 2.36. The molecule has 0 saturated heterocycles. The molecule has 0 aliphatic carbocycles. The Bertz CT molecular complexity index is 3580. The molecule has 398 valence electrons. The fourth-order valence-electron chi connectivity index (χ4n) is 9.61. The number of nitrogens with two attached hydrogens (primary N) is 1. The van der Waals surface area contributed by atoms with Crippen molar-refractivity contribution in [1.29, 1.82) is 0 Å². The van der Waals surface area contributed by atoms with E-state index in [9.17, 15) is 28.8 Å². The van der Waals surface area contributed by atoms with Crippen molar-refractivity contribution in [2.24, 2.45) is 5.73 Å². The van der Waals surface area contributed by atoms with Gasteiger partial charge in [-0.05, 0) is 56.1 Å². The third-order valence-corrected chi connectivity index (χ3v) is 13.5. The molecule has 6 unspecified atom stereocenters. The molecule has 0 spiro atoms. The van der Waals surface area contributed by atoms with Crippen molar-refractivity contribution in [3.05, 3.63) is 175 Å². The summed E-state index contributed by atoms with van der Waals surface area (Å²) < 4.78 is 0. The Hall–Kier alpha value is -9.97. The number of aromatic nitrogens is 11. The lowest BCUT2D eigenvalue weighted by atomic mass is 9.91. The van der Waals surface area contributed by atoms with Crippen LogP contribution in [0.4, 0.5) is 0 Å². The summed E-state index contributed by atoms with van der Waals surface area (Å²) in [6.07, 6.45) is 16.3. The van der Waals surface area contributed by atoms with Crippen molar-refractivity contribution < 1.29 is 28.8 Å². The molecule has 0 aliphatic heterocycles. The Kier molecular flexibility index (Phi) is 15.7. The Morgan fingerprint density at radius 1 is 0.410 bits per heavy atom. The molecule has 4 aromatic carbocycles. The molecular formula is C54H56N18O6. The van der Waals surface area contributed by atoms with E-state index in [1.165, 1.54) is 56.4 Å². The molecule has 24 heteroatoms. The van der Waals surface area contributed by atoms with Crippen molar-refractivity contribution in [2.45, 2.75) is 81.3 Å². The minimum atomic E-state index is -1.34. The van der Waals surface area contributed by atoms with Crippen LogP contribution >= 0.6 is 0 Å². The number of benzene rings is 4. The zero-order valence-corrected chi connectivity index (χ0v) is 41.9. The highest BCUT2D eigenvalue weighted by Gasteiger charge is 2.34. The van der Waals surface area contributed by atoms with E-state index in [-0.39, 0.29) is 45.1 Å². The Morgan fingerprint density at radius 3 is 1.24 bits per heavy atom. The van der Waals surface area contributed by atoms with E-state index in [2.05, 4.69) is 117 Å². The lowest BCUT2D eigenvalue weighted by molar-refractivity contribution is -0.135. The van der Waals surface area contributed by atoms with Gasteiger partial charge in [0.05, 0.1) is 37.7 Å². The molecule has 0 saturated carbocycles. The number of hydrogen-bond acceptors (Lipinski definition) is 12. The first-order valence-electron chi connectivity index (χ1n) is 25.2. The third kappa shape index (κ3) is 12.4. The molecule has 24 nitrogen and oxygen atoms in total. The SMILES string of the molecule is NC(Cc1cnc[nH]1)C(=O)NC(Cc1cnc[nH]1)C(=O)NC(Cc1cnc[nH]1)C(=O)NC(Cc1ccc[nH]1)C(=O)NC(Cc1cnc[nH]1)C(=O)NC(Cc1cnc[nH]1)C(=O)NCc1cc2cccc3ccc4cccc1c4c32. The lowest BCUT2D eigenvalue weighted by Crippen LogP contribution is -2.61. The lowest BCUT2D eigenvalue weighted by Gasteiger charge is -2.27. The summed E-state index contributed by atoms with van der Waals surface area (Å²) in [5.74, 6) is -4.10. The van der Waals surface area contributed by atoms with Crippen LogP contribution in [0.2, 0.25) is 0 Å². The maximum absolute atomic E-state index is 14.8. The molecule has 78 heavy (non-hydrogen) atoms. The number of H-pyrrole nitrogens is 6. The Morgan fingerprint density at radius 2 is 0.808 bits per heavy atom. The van der Waals surface area contributed by atoms with Crippen LogP contribution in [-0.2, 0) is 73.8 Å². The van der Waals surface area contributed by atoms with Gasteiger partial charge in [-0.15, -0.1) is 0 Å². The van der Waals surface area contributed by atoms with Crippen LogP contribution in [0, 0.1) is 0 Å². The molecule has 0 bridgehead atoms. The number of hydrogen-bond donors (Lipinski definition) is 13. The van der Waals surface area contributed by atoms with Crippen molar-refractivity contribution in [1.82, 2.24) is 86.7 Å². The maximum Gasteiger partial charge on any atom is 0.243 e. The molecule has 6 aromatic heterocycles. The van der Waals surface area contributed by atoms with Gasteiger partial charge in [0.2, 0.25) is 35.4 Å². The molecule has 6 heterocycles. The van der Waals surface area contributed by atoms with Crippen molar-refractivity contribution in [3.63, 3.8) is 0 Å². The zero-order chi connectivity index (χ0) is 54.0. The standard InChI is InChI=1S/C54H56N18O6/c55-41(13-35-20-56-25-63-35)49(73)68-44(16-37-22-58-27-65-37)52(76)72-46(18-39-24-60-29-67-39)54(78)70-43(14-34-7-3-11-61-34)51(75)71-45(17-38-23-59-28-66-38)53(77)69-42(15-36-21-57-26-64-36)50(74)62-19-33-12-32-6-1-4-30-9-10-31-5-2-8-40(33)48(31)47(30)32/h1-12,20-29,41-46,61H,13-19,55H2,(H,56,63)(H,57,64)(H,58,65)(H,59,66)(H,60,67)(H,62,74)(H,68,73)(H,69,77)(H,70,78)(H,71,75)(H,72,76). The van der Waals surface area contributed by atoms with Crippen molar-refractivity contribution in [3.8, 4) is 0 Å². The van der Waals surface area contributed by atoms with Crippen LogP contribution in [0.1, 0.15) is 39.7 Å². The highest BCUT2D eigenvalue weighted by atomic mass is 16.2. The summed E-state index contributed by atoms with van der Waals surface area (Å²) in [6.45, 7) is 0.147. The van der Waals surface area contributed by atoms with E-state index in [1.54, 1.807) is 24.5 Å². The second-order valence-electron chi connectivity index (χ2n) is 19.0. The second kappa shape index (κ2) is 23.7. The van der Waals surface area contributed by atoms with Crippen LogP contribution in [0.25, 0.3) is 32.3 Å². The summed E-state index contributed by atoms with van der Waals surface area (Å²) in [7, 11) is 0. The van der Waals surface area contributed by atoms with Gasteiger partial charge in [-0.2, -0.15) is 0 Å². The fourth-order valence-corrected chi connectivity index (χ4v) is 9.61. The first-order chi connectivity index (χ1) is 38.0. The molecule has 0 fully saturated rings. The molecule has 6 amide bonds. The summed E-state index contributed by atoms with van der Waals surface area (Å²) in [5, 5.41) is 23.6. The second-order valence-corrected chi connectivity index (χ2v) is 19.0. The number of rotatable bonds is 25. The van der Waals surface area contributed by atoms with Gasteiger partial charge in [-0.1, -0.05) is 48.5 Å². The van der Waals surface area contributed by atoms with E-state index in [1.807, 2.05) is 24.3 Å². The summed E-state index contributed by atoms with van der Waals surface area (Å²) in [6, 6.07) is 14.5. The largest absolute Gasteiger partial charge is 0.365 e. The Labute approximate surface area is 444 Å². The summed E-state index contributed by atoms with van der Waals surface area (Å²) in [4.78, 5) is 124. The van der Waals surface area contributed by atoms with E-state index < -0.39 is 71.7 Å². The number of nitrogens with one attached hydrogen (secondary N) is 12. The number of nitrogens with zero attached hydrogens (tertiary/aromatic N) is 5. The number of amides is 6. The monoisotopic (exact) mass is 1050 g/mol. The topological polar surface area (TPSA) is 360 Å². The molecule has 14 N–H and O–H groups in total. The van der Waals surface area contributed by atoms with Gasteiger partial charge in [0.25, 0.3) is 0 Å². The number of aromatic amines is 6. The fraction of sp³-hybridized carbons (Fsp3) is 0.241. The van der Waals surface area contributed by atoms with Gasteiger partial charge in [0.1, 0.15) is 30.2 Å².